The van der Waals surface area contributed by atoms with E-state index in [1.165, 1.54) is 0 Å². The predicted molar refractivity (Wildman–Crippen MR) is 84.9 cm³/mol. The average molecular weight is 325 g/mol. The molecule has 1 aromatic rings. The van der Waals surface area contributed by atoms with Crippen molar-refractivity contribution in [3.8, 4) is 0 Å². The minimum atomic E-state index is -0.294. The highest BCUT2D eigenvalue weighted by Crippen LogP contribution is 2.12. The van der Waals surface area contributed by atoms with Gasteiger partial charge in [0.05, 0.1) is 0 Å². The minimum Gasteiger partial charge on any atom is -0.445 e. The summed E-state index contributed by atoms with van der Waals surface area (Å²) in [5.74, 6) is 0. The molecule has 2 rings (SSSR count). The molecule has 0 bridgehead atoms. The van der Waals surface area contributed by atoms with Gasteiger partial charge in [-0.2, -0.15) is 0 Å². The van der Waals surface area contributed by atoms with Gasteiger partial charge in [-0.3, -0.25) is 4.90 Å². The molecule has 0 spiro atoms. The van der Waals surface area contributed by atoms with Crippen LogP contribution in [0, 0.1) is 0 Å². The summed E-state index contributed by atoms with van der Waals surface area (Å²) in [5, 5.41) is 0.663. The number of aldehydes is 1. The molecular weight excluding hydrogens is 304 g/mol. The number of hydrogen-bond acceptors (Lipinski definition) is 4. The zero-order valence-electron chi connectivity index (χ0n) is 12.7. The second kappa shape index (κ2) is 8.15. The van der Waals surface area contributed by atoms with E-state index in [4.69, 9.17) is 16.3 Å². The first-order valence-corrected chi connectivity index (χ1v) is 7.82. The van der Waals surface area contributed by atoms with E-state index < -0.39 is 0 Å². The van der Waals surface area contributed by atoms with Crippen LogP contribution in [-0.4, -0.2) is 54.4 Å². The van der Waals surface area contributed by atoms with Gasteiger partial charge in [0.1, 0.15) is 12.9 Å². The lowest BCUT2D eigenvalue weighted by atomic mass is 10.2. The molecular formula is C16H21ClN2O3. The van der Waals surface area contributed by atoms with Crippen LogP contribution in [0.1, 0.15) is 18.9 Å². The van der Waals surface area contributed by atoms with Crippen LogP contribution < -0.4 is 0 Å². The van der Waals surface area contributed by atoms with E-state index in [1.54, 1.807) is 17.0 Å². The van der Waals surface area contributed by atoms with E-state index in [1.807, 2.05) is 19.1 Å². The first-order valence-electron chi connectivity index (χ1n) is 7.44. The summed E-state index contributed by atoms with van der Waals surface area (Å²) in [6.45, 7) is 5.07. The molecule has 120 valence electrons. The fourth-order valence-corrected chi connectivity index (χ4v) is 2.58. The smallest absolute Gasteiger partial charge is 0.410 e. The highest BCUT2D eigenvalue weighted by Gasteiger charge is 2.24. The van der Waals surface area contributed by atoms with Crippen molar-refractivity contribution in [2.24, 2.45) is 0 Å². The predicted octanol–water partition coefficient (Wildman–Crippen LogP) is 2.57. The molecule has 0 radical (unpaired) electrons. The van der Waals surface area contributed by atoms with Crippen molar-refractivity contribution in [2.75, 3.05) is 26.2 Å². The summed E-state index contributed by atoms with van der Waals surface area (Å²) in [6.07, 6.45) is 1.18. The van der Waals surface area contributed by atoms with E-state index in [0.29, 0.717) is 24.5 Å². The molecule has 1 unspecified atom stereocenters. The number of rotatable bonds is 5. The monoisotopic (exact) mass is 324 g/mol. The highest BCUT2D eigenvalue weighted by molar-refractivity contribution is 6.30. The number of nitrogens with zero attached hydrogens (tertiary/aromatic N) is 2. The van der Waals surface area contributed by atoms with Crippen molar-refractivity contribution in [1.82, 2.24) is 9.80 Å². The molecule has 6 heteroatoms. The number of benzene rings is 1. The molecule has 1 aliphatic rings. The molecule has 1 aromatic carbocycles. The van der Waals surface area contributed by atoms with Crippen LogP contribution in [0.25, 0.3) is 0 Å². The van der Waals surface area contributed by atoms with Crippen molar-refractivity contribution in [3.05, 3.63) is 34.9 Å². The molecule has 0 saturated carbocycles. The molecule has 0 N–H and O–H groups in total. The average Bonchev–Trinajstić information content (AvgIpc) is 2.54. The summed E-state index contributed by atoms with van der Waals surface area (Å²) >= 11 is 5.82. The summed E-state index contributed by atoms with van der Waals surface area (Å²) < 4.78 is 5.32. The molecule has 1 saturated heterocycles. The zero-order valence-corrected chi connectivity index (χ0v) is 13.5. The maximum atomic E-state index is 12.0. The van der Waals surface area contributed by atoms with E-state index in [0.717, 1.165) is 24.9 Å². The molecule has 1 atom stereocenters. The Labute approximate surface area is 135 Å². The zero-order chi connectivity index (χ0) is 15.9. The van der Waals surface area contributed by atoms with Crippen LogP contribution in [-0.2, 0) is 16.1 Å². The van der Waals surface area contributed by atoms with Crippen molar-refractivity contribution in [3.63, 3.8) is 0 Å². The summed E-state index contributed by atoms with van der Waals surface area (Å²) in [4.78, 5) is 26.5. The number of halogens is 1. The lowest BCUT2D eigenvalue weighted by molar-refractivity contribution is -0.109. The van der Waals surface area contributed by atoms with Crippen LogP contribution in [0.3, 0.4) is 0 Å². The molecule has 1 fully saturated rings. The lowest BCUT2D eigenvalue weighted by Crippen LogP contribution is -2.51. The summed E-state index contributed by atoms with van der Waals surface area (Å²) in [6, 6.07) is 7.46. The maximum absolute atomic E-state index is 12.0. The molecule has 0 aromatic heterocycles. The van der Waals surface area contributed by atoms with Gasteiger partial charge in [0.25, 0.3) is 0 Å². The topological polar surface area (TPSA) is 49.9 Å². The van der Waals surface area contributed by atoms with Crippen molar-refractivity contribution in [2.45, 2.75) is 26.0 Å². The normalized spacial score (nSPS) is 17.1. The van der Waals surface area contributed by atoms with Crippen LogP contribution in [0.15, 0.2) is 24.3 Å². The Kier molecular flexibility index (Phi) is 6.21. The Morgan fingerprint density at radius 2 is 1.91 bits per heavy atom. The Balaban J connectivity index is 1.75. The summed E-state index contributed by atoms with van der Waals surface area (Å²) in [7, 11) is 0. The highest BCUT2D eigenvalue weighted by atomic mass is 35.5. The van der Waals surface area contributed by atoms with Gasteiger partial charge in [-0.15, -0.1) is 0 Å². The Hall–Kier alpha value is -1.59. The maximum Gasteiger partial charge on any atom is 0.410 e. The number of piperazine rings is 1. The number of amides is 1. The number of ether oxygens (including phenoxy) is 1. The minimum absolute atomic E-state index is 0.227. The third kappa shape index (κ3) is 4.71. The Morgan fingerprint density at radius 3 is 2.50 bits per heavy atom. The van der Waals surface area contributed by atoms with Gasteiger partial charge in [0.2, 0.25) is 0 Å². The largest absolute Gasteiger partial charge is 0.445 e. The van der Waals surface area contributed by atoms with Crippen LogP contribution >= 0.6 is 11.6 Å². The standard InChI is InChI=1S/C16H21ClN2O3/c1-13(6-11-20)18-7-9-19(10-8-18)16(21)22-12-14-2-4-15(17)5-3-14/h2-5,11,13H,6-10,12H2,1H3. The van der Waals surface area contributed by atoms with E-state index in [-0.39, 0.29) is 18.7 Å². The van der Waals surface area contributed by atoms with Crippen molar-refractivity contribution >= 4 is 24.0 Å². The Morgan fingerprint density at radius 1 is 1.27 bits per heavy atom. The lowest BCUT2D eigenvalue weighted by Gasteiger charge is -2.37. The SMILES string of the molecule is CC(CC=O)N1CCN(C(=O)OCc2ccc(Cl)cc2)CC1. The Bertz CT molecular complexity index is 499. The molecule has 22 heavy (non-hydrogen) atoms. The third-order valence-electron chi connectivity index (χ3n) is 3.91. The van der Waals surface area contributed by atoms with Gasteiger partial charge >= 0.3 is 6.09 Å². The fourth-order valence-electron chi connectivity index (χ4n) is 2.45. The first-order chi connectivity index (χ1) is 10.6. The number of carbonyl (C=O) groups is 2. The van der Waals surface area contributed by atoms with Gasteiger partial charge in [-0.1, -0.05) is 23.7 Å². The molecule has 1 heterocycles. The molecule has 0 aliphatic carbocycles. The molecule has 1 amide bonds. The van der Waals surface area contributed by atoms with Crippen LogP contribution in [0.5, 0.6) is 0 Å². The van der Waals surface area contributed by atoms with E-state index in [2.05, 4.69) is 4.90 Å². The quantitative estimate of drug-likeness (QED) is 0.781. The number of carbonyl (C=O) groups excluding carboxylic acids is 2. The van der Waals surface area contributed by atoms with Gasteiger partial charge in [0.15, 0.2) is 0 Å². The van der Waals surface area contributed by atoms with E-state index >= 15 is 0 Å². The molecule has 1 aliphatic heterocycles. The van der Waals surface area contributed by atoms with Gasteiger partial charge in [0, 0.05) is 43.7 Å². The van der Waals surface area contributed by atoms with Gasteiger partial charge in [-0.05, 0) is 24.6 Å². The van der Waals surface area contributed by atoms with Crippen molar-refractivity contribution < 1.29 is 14.3 Å². The molecule has 5 nitrogen and oxygen atoms in total. The fraction of sp³-hybridized carbons (Fsp3) is 0.500. The number of hydrogen-bond donors (Lipinski definition) is 0. The first kappa shape index (κ1) is 16.8. The van der Waals surface area contributed by atoms with E-state index in [9.17, 15) is 9.59 Å². The second-order valence-electron chi connectivity index (χ2n) is 5.46. The van der Waals surface area contributed by atoms with Gasteiger partial charge < -0.3 is 14.4 Å². The summed E-state index contributed by atoms with van der Waals surface area (Å²) in [5.41, 5.74) is 0.913. The van der Waals surface area contributed by atoms with Crippen LogP contribution in [0.2, 0.25) is 5.02 Å². The van der Waals surface area contributed by atoms with Gasteiger partial charge in [-0.25, -0.2) is 4.79 Å². The third-order valence-corrected chi connectivity index (χ3v) is 4.16. The second-order valence-corrected chi connectivity index (χ2v) is 5.89. The van der Waals surface area contributed by atoms with Crippen LogP contribution in [0.4, 0.5) is 4.79 Å². The van der Waals surface area contributed by atoms with Crippen molar-refractivity contribution in [1.29, 1.82) is 0 Å².